The van der Waals surface area contributed by atoms with E-state index in [4.69, 9.17) is 0 Å². The van der Waals surface area contributed by atoms with Crippen molar-refractivity contribution in [3.05, 3.63) is 78.5 Å². The van der Waals surface area contributed by atoms with Crippen LogP contribution in [0.4, 0.5) is 0 Å². The van der Waals surface area contributed by atoms with Crippen LogP contribution >= 0.6 is 11.3 Å². The van der Waals surface area contributed by atoms with Gasteiger partial charge >= 0.3 is 5.97 Å². The minimum absolute atomic E-state index is 0.0822. The number of rotatable bonds is 7. The lowest BCUT2D eigenvalue weighted by Crippen LogP contribution is -2.43. The molecule has 0 aliphatic rings. The number of fused-ring (bicyclic) bond motifs is 1. The van der Waals surface area contributed by atoms with E-state index in [9.17, 15) is 18.3 Å². The molecule has 2 aromatic carbocycles. The van der Waals surface area contributed by atoms with Crippen molar-refractivity contribution in [3.63, 3.8) is 0 Å². The number of aliphatic carboxylic acids is 1. The van der Waals surface area contributed by atoms with E-state index in [0.29, 0.717) is 0 Å². The molecule has 154 valence electrons. The number of hydrogen-bond donors (Lipinski definition) is 3. The number of benzene rings is 2. The lowest BCUT2D eigenvalue weighted by Gasteiger charge is -2.21. The number of carboxylic acids is 1. The fourth-order valence-corrected chi connectivity index (χ4v) is 6.06. The Balaban J connectivity index is 1.63. The summed E-state index contributed by atoms with van der Waals surface area (Å²) in [7, 11) is -4.00. The van der Waals surface area contributed by atoms with Crippen LogP contribution in [0.25, 0.3) is 21.3 Å². The topological polar surface area (TPSA) is 99.3 Å². The van der Waals surface area contributed by atoms with Crippen molar-refractivity contribution in [2.75, 3.05) is 0 Å². The third-order valence-electron chi connectivity index (χ3n) is 5.06. The van der Waals surface area contributed by atoms with Crippen LogP contribution < -0.4 is 4.72 Å². The van der Waals surface area contributed by atoms with Gasteiger partial charge in [-0.1, -0.05) is 55.5 Å². The highest BCUT2D eigenvalue weighted by atomic mass is 32.2. The maximum absolute atomic E-state index is 13.0. The number of H-pyrrole nitrogens is 1. The van der Waals surface area contributed by atoms with Crippen LogP contribution in [-0.2, 0) is 14.8 Å². The van der Waals surface area contributed by atoms with Gasteiger partial charge in [0.1, 0.15) is 10.3 Å². The van der Waals surface area contributed by atoms with Gasteiger partial charge < -0.3 is 10.1 Å². The molecule has 2 aromatic heterocycles. The summed E-state index contributed by atoms with van der Waals surface area (Å²) in [5.41, 5.74) is 2.53. The summed E-state index contributed by atoms with van der Waals surface area (Å²) in [5.74, 6) is -1.81. The number of nitrogens with one attached hydrogen (secondary N) is 2. The average molecular weight is 441 g/mol. The van der Waals surface area contributed by atoms with Crippen molar-refractivity contribution in [1.82, 2.24) is 9.71 Å². The number of aromatic nitrogens is 1. The van der Waals surface area contributed by atoms with Crippen LogP contribution in [0.5, 0.6) is 0 Å². The molecule has 0 spiro atoms. The molecule has 0 radical (unpaired) electrons. The summed E-state index contributed by atoms with van der Waals surface area (Å²) >= 11 is 1.11. The van der Waals surface area contributed by atoms with E-state index in [1.54, 1.807) is 19.2 Å². The summed E-state index contributed by atoms with van der Waals surface area (Å²) < 4.78 is 28.4. The zero-order valence-electron chi connectivity index (χ0n) is 16.1. The first-order valence-electron chi connectivity index (χ1n) is 9.33. The molecule has 6 nitrogen and oxygen atoms in total. The fourth-order valence-electron chi connectivity index (χ4n) is 3.46. The monoisotopic (exact) mass is 440 g/mol. The maximum atomic E-state index is 13.0. The molecule has 2 heterocycles. The van der Waals surface area contributed by atoms with E-state index >= 15 is 0 Å². The minimum Gasteiger partial charge on any atom is -0.480 e. The first-order valence-corrected chi connectivity index (χ1v) is 11.6. The van der Waals surface area contributed by atoms with Gasteiger partial charge in [0.25, 0.3) is 10.0 Å². The van der Waals surface area contributed by atoms with Crippen LogP contribution in [0.2, 0.25) is 0 Å². The molecule has 3 N–H and O–H groups in total. The van der Waals surface area contributed by atoms with Crippen LogP contribution in [0.1, 0.15) is 18.4 Å². The molecule has 0 saturated heterocycles. The van der Waals surface area contributed by atoms with Crippen molar-refractivity contribution >= 4 is 38.2 Å². The number of sulfonamides is 1. The van der Waals surface area contributed by atoms with E-state index in [1.165, 1.54) is 6.07 Å². The van der Waals surface area contributed by atoms with E-state index in [1.807, 2.05) is 54.6 Å². The largest absolute Gasteiger partial charge is 0.480 e. The Hall–Kier alpha value is -2.94. The number of para-hydroxylation sites is 1. The molecule has 0 fully saturated rings. The second kappa shape index (κ2) is 8.06. The molecule has 0 aliphatic heterocycles. The summed E-state index contributed by atoms with van der Waals surface area (Å²) in [4.78, 5) is 15.9. The maximum Gasteiger partial charge on any atom is 0.322 e. The SMILES string of the molecule is C[C@H](c1c[nH]c2ccccc12)[C@@H](NS(=O)(=O)c1ccc(-c2ccccc2)s1)C(=O)O. The Labute approximate surface area is 178 Å². The zero-order chi connectivity index (χ0) is 21.3. The summed E-state index contributed by atoms with van der Waals surface area (Å²) in [6.07, 6.45) is 1.73. The third-order valence-corrected chi connectivity index (χ3v) is 8.13. The van der Waals surface area contributed by atoms with E-state index < -0.39 is 28.0 Å². The van der Waals surface area contributed by atoms with E-state index in [2.05, 4.69) is 9.71 Å². The standard InChI is InChI=1S/C22H20N2O4S2/c1-14(17-13-23-18-10-6-5-9-16(17)18)21(22(25)26)24-30(27,28)20-12-11-19(29-20)15-7-3-2-4-8-15/h2-14,21,23-24H,1H3,(H,25,26)/t14-,21-/m1/s1. The Morgan fingerprint density at radius 1 is 1.03 bits per heavy atom. The molecular formula is C22H20N2O4S2. The molecule has 4 rings (SSSR count). The van der Waals surface area contributed by atoms with E-state index in [0.717, 1.165) is 38.2 Å². The van der Waals surface area contributed by atoms with E-state index in [-0.39, 0.29) is 4.21 Å². The number of hydrogen-bond acceptors (Lipinski definition) is 4. The molecule has 0 bridgehead atoms. The molecule has 2 atom stereocenters. The summed E-state index contributed by atoms with van der Waals surface area (Å²) in [6.45, 7) is 1.71. The molecule has 0 saturated carbocycles. The van der Waals surface area contributed by atoms with Crippen molar-refractivity contribution in [3.8, 4) is 10.4 Å². The molecule has 8 heteroatoms. The second-order valence-electron chi connectivity index (χ2n) is 7.00. The Bertz CT molecular complexity index is 1290. The predicted octanol–water partition coefficient (Wildman–Crippen LogP) is 4.43. The number of carbonyl (C=O) groups is 1. The number of thiophene rings is 1. The molecule has 4 aromatic rings. The fraction of sp³-hybridized carbons (Fsp3) is 0.136. The molecular weight excluding hydrogens is 420 g/mol. The quantitative estimate of drug-likeness (QED) is 0.396. The Kier molecular flexibility index (Phi) is 5.46. The van der Waals surface area contributed by atoms with Crippen molar-refractivity contribution < 1.29 is 18.3 Å². The molecule has 30 heavy (non-hydrogen) atoms. The van der Waals surface area contributed by atoms with Gasteiger partial charge in [-0.05, 0) is 29.3 Å². The van der Waals surface area contributed by atoms with Crippen LogP contribution in [0, 0.1) is 0 Å². The molecule has 0 aliphatic carbocycles. The highest BCUT2D eigenvalue weighted by Gasteiger charge is 2.33. The first kappa shape index (κ1) is 20.3. The normalized spacial score (nSPS) is 13.9. The van der Waals surface area contributed by atoms with Crippen molar-refractivity contribution in [2.24, 2.45) is 0 Å². The second-order valence-corrected chi connectivity index (χ2v) is 10.0. The minimum atomic E-state index is -4.00. The highest BCUT2D eigenvalue weighted by Crippen LogP contribution is 2.32. The van der Waals surface area contributed by atoms with Gasteiger partial charge in [-0.15, -0.1) is 11.3 Å². The van der Waals surface area contributed by atoms with Crippen molar-refractivity contribution in [2.45, 2.75) is 23.1 Å². The zero-order valence-corrected chi connectivity index (χ0v) is 17.7. The third kappa shape index (κ3) is 3.89. The number of carboxylic acid groups (broad SMARTS) is 1. The van der Waals surface area contributed by atoms with Gasteiger partial charge in [-0.25, -0.2) is 8.42 Å². The lowest BCUT2D eigenvalue weighted by molar-refractivity contribution is -0.139. The van der Waals surface area contributed by atoms with Crippen LogP contribution in [0.15, 0.2) is 77.1 Å². The summed E-state index contributed by atoms with van der Waals surface area (Å²) in [5, 5.41) is 10.6. The van der Waals surface area contributed by atoms with Crippen molar-refractivity contribution in [1.29, 1.82) is 0 Å². The highest BCUT2D eigenvalue weighted by molar-refractivity contribution is 7.91. The van der Waals surface area contributed by atoms with Gasteiger partial charge in [0.2, 0.25) is 0 Å². The van der Waals surface area contributed by atoms with Gasteiger partial charge in [-0.3, -0.25) is 4.79 Å². The predicted molar refractivity (Wildman–Crippen MR) is 118 cm³/mol. The first-order chi connectivity index (χ1) is 14.4. The number of aromatic amines is 1. The van der Waals surface area contributed by atoms with Gasteiger partial charge in [-0.2, -0.15) is 4.72 Å². The molecule has 0 unspecified atom stereocenters. The van der Waals surface area contributed by atoms with Gasteiger partial charge in [0, 0.05) is 27.9 Å². The Morgan fingerprint density at radius 3 is 2.47 bits per heavy atom. The summed E-state index contributed by atoms with van der Waals surface area (Å²) in [6, 6.07) is 18.9. The van der Waals surface area contributed by atoms with Crippen LogP contribution in [0.3, 0.4) is 0 Å². The van der Waals surface area contributed by atoms with Gasteiger partial charge in [0.05, 0.1) is 0 Å². The van der Waals surface area contributed by atoms with Gasteiger partial charge in [0.15, 0.2) is 0 Å². The molecule has 0 amide bonds. The lowest BCUT2D eigenvalue weighted by atomic mass is 9.93. The van der Waals surface area contributed by atoms with Crippen LogP contribution in [-0.4, -0.2) is 30.5 Å². The average Bonchev–Trinajstić information content (AvgIpc) is 3.40. The Morgan fingerprint density at radius 2 is 1.73 bits per heavy atom. The smallest absolute Gasteiger partial charge is 0.322 e.